The number of carboxylic acids is 2. The standard InChI is InChI=1S/C23H22N2O4S.2Na/c1-3-24-19-6-4-5-7-20(19)30-21(24)13-10-17-8-11-18(12-9-17)25(15-14-22(26)27)16(2)23(28)29;;/h4-16H,3H2,1-2H3,(H-,26,27,28,29);;/q;2*+1/p-1/b15-14-;;. The van der Waals surface area contributed by atoms with Gasteiger partial charge in [-0.2, -0.15) is 4.57 Å². The molecule has 2 aromatic carbocycles. The van der Waals surface area contributed by atoms with Crippen molar-refractivity contribution in [2.24, 2.45) is 0 Å². The van der Waals surface area contributed by atoms with Crippen molar-refractivity contribution in [3.63, 3.8) is 0 Å². The first kappa shape index (κ1) is 28.6. The van der Waals surface area contributed by atoms with Crippen LogP contribution in [0.25, 0.3) is 22.4 Å². The summed E-state index contributed by atoms with van der Waals surface area (Å²) in [6.07, 6.45) is 6.01. The van der Waals surface area contributed by atoms with E-state index in [-0.39, 0.29) is 59.1 Å². The number of nitrogens with zero attached hydrogens (tertiary/aromatic N) is 2. The molecule has 1 aromatic heterocycles. The molecule has 1 atom stereocenters. The Hall–Kier alpha value is -1.45. The number of anilines is 1. The minimum absolute atomic E-state index is 0. The van der Waals surface area contributed by atoms with Crippen LogP contribution in [-0.4, -0.2) is 18.0 Å². The van der Waals surface area contributed by atoms with Crippen LogP contribution in [0, 0.1) is 0 Å². The van der Waals surface area contributed by atoms with Gasteiger partial charge in [-0.3, -0.25) is 0 Å². The van der Waals surface area contributed by atoms with Crippen molar-refractivity contribution in [3.05, 3.63) is 71.4 Å². The number of thiazole rings is 1. The van der Waals surface area contributed by atoms with Crippen LogP contribution in [-0.2, 0) is 16.1 Å². The van der Waals surface area contributed by atoms with Crippen molar-refractivity contribution >= 4 is 51.3 Å². The molecule has 1 unspecified atom stereocenters. The number of carbonyl (C=O) groups is 2. The molecule has 32 heavy (non-hydrogen) atoms. The van der Waals surface area contributed by atoms with Gasteiger partial charge in [-0.1, -0.05) is 35.6 Å². The second kappa shape index (κ2) is 13.3. The number of aryl methyl sites for hydroxylation is 1. The zero-order valence-corrected chi connectivity index (χ0v) is 23.5. The van der Waals surface area contributed by atoms with Gasteiger partial charge in [0.15, 0.2) is 0 Å². The Morgan fingerprint density at radius 3 is 2.31 bits per heavy atom. The molecule has 3 rings (SSSR count). The van der Waals surface area contributed by atoms with Gasteiger partial charge in [0.05, 0.1) is 18.0 Å². The quantitative estimate of drug-likeness (QED) is 0.190. The molecular weight excluding hydrogens is 446 g/mol. The fourth-order valence-electron chi connectivity index (χ4n) is 3.12. The van der Waals surface area contributed by atoms with Crippen molar-refractivity contribution in [2.45, 2.75) is 26.4 Å². The molecule has 0 fully saturated rings. The Morgan fingerprint density at radius 1 is 1.06 bits per heavy atom. The average Bonchev–Trinajstić information content (AvgIpc) is 3.10. The SMILES string of the molecule is CC[n+]1c(C=Cc2ccc(N(/C=C\C(=O)[O-])C(C)C(=O)[O-])cc2)sc2ccccc21.[Na+].[Na+]. The maximum absolute atomic E-state index is 11.3. The molecule has 0 spiro atoms. The van der Waals surface area contributed by atoms with Gasteiger partial charge in [-0.05, 0) is 49.8 Å². The molecule has 0 aliphatic heterocycles. The van der Waals surface area contributed by atoms with Gasteiger partial charge in [0.25, 0.3) is 5.01 Å². The third-order valence-corrected chi connectivity index (χ3v) is 5.82. The molecule has 154 valence electrons. The smallest absolute Gasteiger partial charge is 0.548 e. The molecule has 0 aliphatic carbocycles. The minimum atomic E-state index is -1.40. The van der Waals surface area contributed by atoms with E-state index in [1.165, 1.54) is 28.2 Å². The van der Waals surface area contributed by atoms with Crippen molar-refractivity contribution in [2.75, 3.05) is 4.90 Å². The maximum Gasteiger partial charge on any atom is 1.00 e. The van der Waals surface area contributed by atoms with Crippen molar-refractivity contribution in [1.82, 2.24) is 0 Å². The van der Waals surface area contributed by atoms with Gasteiger partial charge in [0.1, 0.15) is 11.2 Å². The monoisotopic (exact) mass is 467 g/mol. The van der Waals surface area contributed by atoms with Crippen LogP contribution in [0.5, 0.6) is 0 Å². The molecule has 9 heteroatoms. The zero-order valence-electron chi connectivity index (χ0n) is 18.6. The summed E-state index contributed by atoms with van der Waals surface area (Å²) in [6.45, 7) is 4.40. The van der Waals surface area contributed by atoms with Crippen molar-refractivity contribution in [3.8, 4) is 0 Å². The molecule has 0 radical (unpaired) electrons. The van der Waals surface area contributed by atoms with Crippen LogP contribution in [0.4, 0.5) is 5.69 Å². The summed E-state index contributed by atoms with van der Waals surface area (Å²) in [5, 5.41) is 23.1. The van der Waals surface area contributed by atoms with Crippen LogP contribution in [0.2, 0.25) is 0 Å². The second-order valence-corrected chi connectivity index (χ2v) is 7.68. The van der Waals surface area contributed by atoms with Gasteiger partial charge in [-0.25, -0.2) is 0 Å². The number of para-hydroxylation sites is 1. The molecular formula is C23H21N2Na2O4S+. The number of hydrogen-bond donors (Lipinski definition) is 0. The fraction of sp³-hybridized carbons (Fsp3) is 0.174. The van der Waals surface area contributed by atoms with E-state index < -0.39 is 18.0 Å². The molecule has 0 N–H and O–H groups in total. The Balaban J connectivity index is 0.00000256. The third-order valence-electron chi connectivity index (χ3n) is 4.69. The predicted octanol–water partition coefficient (Wildman–Crippen LogP) is -4.40. The fourth-order valence-corrected chi connectivity index (χ4v) is 4.25. The Morgan fingerprint density at radius 2 is 1.72 bits per heavy atom. The number of benzene rings is 2. The number of fused-ring (bicyclic) bond motifs is 1. The van der Waals surface area contributed by atoms with Crippen LogP contribution in [0.15, 0.2) is 60.8 Å². The number of rotatable bonds is 8. The number of aliphatic carboxylic acids is 2. The zero-order chi connectivity index (χ0) is 21.7. The minimum Gasteiger partial charge on any atom is -0.548 e. The number of hydrogen-bond acceptors (Lipinski definition) is 6. The summed E-state index contributed by atoms with van der Waals surface area (Å²) in [5.41, 5.74) is 2.67. The van der Waals surface area contributed by atoms with Gasteiger partial charge in [0.2, 0.25) is 5.52 Å². The summed E-state index contributed by atoms with van der Waals surface area (Å²) in [6, 6.07) is 14.4. The number of carbonyl (C=O) groups excluding carboxylic acids is 2. The van der Waals surface area contributed by atoms with Crippen LogP contribution < -0.4 is 78.8 Å². The predicted molar refractivity (Wildman–Crippen MR) is 114 cm³/mol. The first-order valence-corrected chi connectivity index (χ1v) is 10.3. The summed E-state index contributed by atoms with van der Waals surface area (Å²) in [7, 11) is 0. The first-order chi connectivity index (χ1) is 14.4. The van der Waals surface area contributed by atoms with Crippen molar-refractivity contribution in [1.29, 1.82) is 0 Å². The van der Waals surface area contributed by atoms with Crippen molar-refractivity contribution < 1.29 is 83.5 Å². The Kier molecular flexibility index (Phi) is 11.9. The van der Waals surface area contributed by atoms with Gasteiger partial charge < -0.3 is 24.7 Å². The maximum atomic E-state index is 11.3. The van der Waals surface area contributed by atoms with E-state index in [0.29, 0.717) is 5.69 Å². The normalized spacial score (nSPS) is 11.8. The molecule has 3 aromatic rings. The van der Waals surface area contributed by atoms with E-state index in [1.54, 1.807) is 23.5 Å². The molecule has 0 aliphatic rings. The summed E-state index contributed by atoms with van der Waals surface area (Å²) >= 11 is 1.72. The molecule has 0 amide bonds. The largest absolute Gasteiger partial charge is 1.00 e. The first-order valence-electron chi connectivity index (χ1n) is 9.48. The van der Waals surface area contributed by atoms with E-state index in [9.17, 15) is 19.8 Å². The molecule has 0 saturated heterocycles. The number of aromatic nitrogens is 1. The van der Waals surface area contributed by atoms with Crippen LogP contribution in [0.1, 0.15) is 24.4 Å². The van der Waals surface area contributed by atoms with E-state index in [1.807, 2.05) is 30.3 Å². The van der Waals surface area contributed by atoms with Crippen LogP contribution >= 0.6 is 11.3 Å². The Labute approximate surface area is 235 Å². The molecule has 6 nitrogen and oxygen atoms in total. The van der Waals surface area contributed by atoms with Gasteiger partial charge in [0, 0.05) is 24.0 Å². The Bertz CT molecular complexity index is 1130. The molecule has 1 heterocycles. The van der Waals surface area contributed by atoms with Crippen LogP contribution in [0.3, 0.4) is 0 Å². The summed E-state index contributed by atoms with van der Waals surface area (Å²) in [4.78, 5) is 23.3. The van der Waals surface area contributed by atoms with Gasteiger partial charge >= 0.3 is 59.1 Å². The molecule has 0 saturated carbocycles. The second-order valence-electron chi connectivity index (χ2n) is 6.61. The summed E-state index contributed by atoms with van der Waals surface area (Å²) < 4.78 is 3.47. The number of carboxylic acid groups (broad SMARTS) is 2. The van der Waals surface area contributed by atoms with E-state index >= 15 is 0 Å². The van der Waals surface area contributed by atoms with Gasteiger partial charge in [-0.15, -0.1) is 0 Å². The van der Waals surface area contributed by atoms with E-state index in [4.69, 9.17) is 0 Å². The van der Waals surface area contributed by atoms with E-state index in [2.05, 4.69) is 29.7 Å². The average molecular weight is 467 g/mol. The summed E-state index contributed by atoms with van der Waals surface area (Å²) in [5.74, 6) is -2.71. The molecule has 0 bridgehead atoms. The van der Waals surface area contributed by atoms with E-state index in [0.717, 1.165) is 23.2 Å². The topological polar surface area (TPSA) is 87.4 Å². The third kappa shape index (κ3) is 7.02.